The number of alkyl carbamates (subject to hydrolysis) is 1. The molecule has 0 spiro atoms. The van der Waals surface area contributed by atoms with E-state index in [4.69, 9.17) is 23.7 Å². The highest BCUT2D eigenvalue weighted by atomic mass is 16.6. The summed E-state index contributed by atoms with van der Waals surface area (Å²) in [5.74, 6) is -0.624. The molecule has 1 amide bonds. The third-order valence-electron chi connectivity index (χ3n) is 5.40. The van der Waals surface area contributed by atoms with Gasteiger partial charge in [-0.05, 0) is 53.0 Å². The number of ether oxygens (including phenoxy) is 5. The molecule has 0 bridgehead atoms. The zero-order chi connectivity index (χ0) is 24.4. The Hall–Kier alpha value is -2.16. The van der Waals surface area contributed by atoms with Crippen molar-refractivity contribution in [3.05, 3.63) is 35.9 Å². The summed E-state index contributed by atoms with van der Waals surface area (Å²) in [6.45, 7) is 9.88. The third kappa shape index (κ3) is 9.70. The molecule has 1 N–H and O–H groups in total. The zero-order valence-electron chi connectivity index (χ0n) is 20.7. The first-order valence-electron chi connectivity index (χ1n) is 11.5. The standard InChI is InChI=1S/C25H39NO7/c1-17(29-6)12-13-31-22-18(2)32-23(27)21(26-24(28)33-25(3,4)5)16-30-15-20(22)14-19-10-8-7-9-11-19/h7-11,17-18,20-22H,12-16H2,1-6H3,(H,26,28)/t17?,18-,20-,21-,22-/m0/s1. The van der Waals surface area contributed by atoms with Crippen molar-refractivity contribution >= 4 is 12.1 Å². The number of benzene rings is 1. The van der Waals surface area contributed by atoms with Gasteiger partial charge in [-0.2, -0.15) is 0 Å². The van der Waals surface area contributed by atoms with Crippen molar-refractivity contribution in [1.82, 2.24) is 5.32 Å². The molecule has 5 atom stereocenters. The largest absolute Gasteiger partial charge is 0.458 e. The lowest BCUT2D eigenvalue weighted by atomic mass is 9.91. The topological polar surface area (TPSA) is 92.3 Å². The molecule has 0 radical (unpaired) electrons. The quantitative estimate of drug-likeness (QED) is 0.587. The Labute approximate surface area is 197 Å². The average molecular weight is 466 g/mol. The van der Waals surface area contributed by atoms with Crippen LogP contribution in [0.25, 0.3) is 0 Å². The SMILES string of the molecule is COC(C)CCO[C@@H]1[C@@H](Cc2ccccc2)COC[C@H](NC(=O)OC(C)(C)C)C(=O)O[C@H]1C. The molecule has 0 aromatic heterocycles. The van der Waals surface area contributed by atoms with Crippen molar-refractivity contribution in [2.24, 2.45) is 5.92 Å². The second-order valence-electron chi connectivity index (χ2n) is 9.50. The Bertz CT molecular complexity index is 734. The van der Waals surface area contributed by atoms with E-state index in [0.717, 1.165) is 12.0 Å². The number of methoxy groups -OCH3 is 1. The van der Waals surface area contributed by atoms with Gasteiger partial charge in [-0.25, -0.2) is 9.59 Å². The predicted molar refractivity (Wildman–Crippen MR) is 124 cm³/mol. The van der Waals surface area contributed by atoms with Crippen molar-refractivity contribution in [2.45, 2.75) is 77.4 Å². The first kappa shape index (κ1) is 27.1. The van der Waals surface area contributed by atoms with Gasteiger partial charge in [0.15, 0.2) is 6.04 Å². The van der Waals surface area contributed by atoms with Crippen LogP contribution in [-0.2, 0) is 34.9 Å². The minimum atomic E-state index is -0.966. The van der Waals surface area contributed by atoms with Crippen LogP contribution in [0, 0.1) is 5.92 Å². The number of hydrogen-bond acceptors (Lipinski definition) is 7. The molecular weight excluding hydrogens is 426 g/mol. The van der Waals surface area contributed by atoms with E-state index in [-0.39, 0.29) is 24.7 Å². The highest BCUT2D eigenvalue weighted by Gasteiger charge is 2.36. The van der Waals surface area contributed by atoms with Crippen LogP contribution >= 0.6 is 0 Å². The van der Waals surface area contributed by atoms with Gasteiger partial charge in [0.05, 0.1) is 25.4 Å². The maximum atomic E-state index is 12.8. The highest BCUT2D eigenvalue weighted by molar-refractivity contribution is 5.81. The molecule has 1 aliphatic heterocycles. The van der Waals surface area contributed by atoms with E-state index < -0.39 is 29.8 Å². The Balaban J connectivity index is 2.14. The number of cyclic esters (lactones) is 1. The van der Waals surface area contributed by atoms with Crippen molar-refractivity contribution < 1.29 is 33.3 Å². The van der Waals surface area contributed by atoms with Crippen LogP contribution in [0.2, 0.25) is 0 Å². The maximum absolute atomic E-state index is 12.8. The maximum Gasteiger partial charge on any atom is 0.408 e. The van der Waals surface area contributed by atoms with Gasteiger partial charge in [0.2, 0.25) is 0 Å². The van der Waals surface area contributed by atoms with Crippen molar-refractivity contribution in [3.8, 4) is 0 Å². The van der Waals surface area contributed by atoms with E-state index in [1.165, 1.54) is 0 Å². The fraction of sp³-hybridized carbons (Fsp3) is 0.680. The molecule has 0 saturated carbocycles. The number of hydrogen-bond donors (Lipinski definition) is 1. The van der Waals surface area contributed by atoms with Gasteiger partial charge >= 0.3 is 12.1 Å². The molecule has 186 valence electrons. The number of carbonyl (C=O) groups is 2. The molecular formula is C25H39NO7. The number of nitrogens with one attached hydrogen (secondary N) is 1. The number of rotatable bonds is 8. The molecule has 2 rings (SSSR count). The number of amides is 1. The summed E-state index contributed by atoms with van der Waals surface area (Å²) in [7, 11) is 1.67. The van der Waals surface area contributed by atoms with Gasteiger partial charge in [0.25, 0.3) is 0 Å². The molecule has 1 aromatic carbocycles. The van der Waals surface area contributed by atoms with E-state index >= 15 is 0 Å². The third-order valence-corrected chi connectivity index (χ3v) is 5.40. The molecule has 1 saturated heterocycles. The second-order valence-corrected chi connectivity index (χ2v) is 9.50. The lowest BCUT2D eigenvalue weighted by Crippen LogP contribution is -2.47. The highest BCUT2D eigenvalue weighted by Crippen LogP contribution is 2.23. The summed E-state index contributed by atoms with van der Waals surface area (Å²) < 4.78 is 28.5. The van der Waals surface area contributed by atoms with Gasteiger partial charge in [0.1, 0.15) is 11.7 Å². The summed E-state index contributed by atoms with van der Waals surface area (Å²) in [6.07, 6.45) is -0.118. The lowest BCUT2D eigenvalue weighted by Gasteiger charge is -2.31. The first-order chi connectivity index (χ1) is 15.6. The average Bonchev–Trinajstić information content (AvgIpc) is 2.78. The van der Waals surface area contributed by atoms with Crippen molar-refractivity contribution in [1.29, 1.82) is 0 Å². The van der Waals surface area contributed by atoms with Crippen LogP contribution in [0.4, 0.5) is 4.79 Å². The van der Waals surface area contributed by atoms with Crippen LogP contribution < -0.4 is 5.32 Å². The van der Waals surface area contributed by atoms with Gasteiger partial charge < -0.3 is 29.0 Å². The summed E-state index contributed by atoms with van der Waals surface area (Å²) in [4.78, 5) is 25.0. The summed E-state index contributed by atoms with van der Waals surface area (Å²) in [5, 5.41) is 2.57. The van der Waals surface area contributed by atoms with Crippen molar-refractivity contribution in [2.75, 3.05) is 26.9 Å². The molecule has 8 nitrogen and oxygen atoms in total. The van der Waals surface area contributed by atoms with Gasteiger partial charge in [-0.3, -0.25) is 0 Å². The molecule has 0 aliphatic carbocycles. The van der Waals surface area contributed by atoms with E-state index in [1.54, 1.807) is 27.9 Å². The Morgan fingerprint density at radius 3 is 2.55 bits per heavy atom. The fourth-order valence-corrected chi connectivity index (χ4v) is 3.62. The minimum Gasteiger partial charge on any atom is -0.458 e. The van der Waals surface area contributed by atoms with Crippen molar-refractivity contribution in [3.63, 3.8) is 0 Å². The normalized spacial score (nSPS) is 25.2. The first-order valence-corrected chi connectivity index (χ1v) is 11.5. The Morgan fingerprint density at radius 1 is 1.21 bits per heavy atom. The molecule has 1 fully saturated rings. The monoisotopic (exact) mass is 465 g/mol. The van der Waals surface area contributed by atoms with Crippen LogP contribution in [-0.4, -0.2) is 68.9 Å². The molecule has 1 aromatic rings. The smallest absolute Gasteiger partial charge is 0.408 e. The molecule has 1 unspecified atom stereocenters. The summed E-state index contributed by atoms with van der Waals surface area (Å²) in [5.41, 5.74) is 0.464. The van der Waals surface area contributed by atoms with Crippen LogP contribution in [0.15, 0.2) is 30.3 Å². The van der Waals surface area contributed by atoms with Gasteiger partial charge in [-0.15, -0.1) is 0 Å². The van der Waals surface area contributed by atoms with Crippen LogP contribution in [0.1, 0.15) is 46.6 Å². The van der Waals surface area contributed by atoms with E-state index in [9.17, 15) is 9.59 Å². The molecule has 8 heteroatoms. The second kappa shape index (κ2) is 12.9. The Kier molecular flexibility index (Phi) is 10.6. The fourth-order valence-electron chi connectivity index (χ4n) is 3.62. The predicted octanol–water partition coefficient (Wildman–Crippen LogP) is 3.51. The van der Waals surface area contributed by atoms with Crippen LogP contribution in [0.3, 0.4) is 0 Å². The van der Waals surface area contributed by atoms with E-state index in [1.807, 2.05) is 32.0 Å². The van der Waals surface area contributed by atoms with E-state index in [0.29, 0.717) is 19.6 Å². The molecule has 1 heterocycles. The minimum absolute atomic E-state index is 0.0104. The molecule has 33 heavy (non-hydrogen) atoms. The summed E-state index contributed by atoms with van der Waals surface area (Å²) >= 11 is 0. The summed E-state index contributed by atoms with van der Waals surface area (Å²) in [6, 6.07) is 9.10. The number of carbonyl (C=O) groups excluding carboxylic acids is 2. The molecule has 1 aliphatic rings. The van der Waals surface area contributed by atoms with Gasteiger partial charge in [0, 0.05) is 19.6 Å². The Morgan fingerprint density at radius 2 is 1.91 bits per heavy atom. The van der Waals surface area contributed by atoms with E-state index in [2.05, 4.69) is 17.4 Å². The lowest BCUT2D eigenvalue weighted by molar-refractivity contribution is -0.161. The zero-order valence-corrected chi connectivity index (χ0v) is 20.7. The number of esters is 1. The van der Waals surface area contributed by atoms with Gasteiger partial charge in [-0.1, -0.05) is 30.3 Å². The van der Waals surface area contributed by atoms with Crippen LogP contribution in [0.5, 0.6) is 0 Å².